The average molecular weight is 176 g/mol. The second kappa shape index (κ2) is 4.90. The van der Waals surface area contributed by atoms with Crippen LogP contribution in [0.1, 0.15) is 25.3 Å². The van der Waals surface area contributed by atoms with Gasteiger partial charge in [-0.2, -0.15) is 0 Å². The zero-order valence-electron chi connectivity index (χ0n) is 8.80. The molecule has 1 aromatic rings. The standard InChI is InChI=1S/C12H18N/c1-4-5-8-11-9-6-7-10-12(11)13(2)3/h6-7,9H,4-5,8H2,1-3H3. The topological polar surface area (TPSA) is 3.24 Å². The molecule has 0 bridgehead atoms. The summed E-state index contributed by atoms with van der Waals surface area (Å²) in [5, 5.41) is 0. The monoisotopic (exact) mass is 176 g/mol. The van der Waals surface area contributed by atoms with E-state index in [2.05, 4.69) is 44.1 Å². The van der Waals surface area contributed by atoms with E-state index < -0.39 is 0 Å². The average Bonchev–Trinajstić information content (AvgIpc) is 2.15. The number of anilines is 1. The van der Waals surface area contributed by atoms with E-state index in [-0.39, 0.29) is 0 Å². The second-order valence-electron chi connectivity index (χ2n) is 3.54. The minimum Gasteiger partial charge on any atom is -0.377 e. The van der Waals surface area contributed by atoms with Crippen molar-refractivity contribution in [3.8, 4) is 0 Å². The molecule has 1 radical (unpaired) electrons. The van der Waals surface area contributed by atoms with Gasteiger partial charge >= 0.3 is 0 Å². The van der Waals surface area contributed by atoms with Crippen LogP contribution in [0.5, 0.6) is 0 Å². The Labute approximate surface area is 81.4 Å². The summed E-state index contributed by atoms with van der Waals surface area (Å²) in [4.78, 5) is 2.13. The van der Waals surface area contributed by atoms with Crippen molar-refractivity contribution in [2.45, 2.75) is 26.2 Å². The highest BCUT2D eigenvalue weighted by atomic mass is 15.1. The maximum atomic E-state index is 3.27. The summed E-state index contributed by atoms with van der Waals surface area (Å²) < 4.78 is 0. The van der Waals surface area contributed by atoms with Gasteiger partial charge in [-0.1, -0.05) is 31.5 Å². The molecular weight excluding hydrogens is 158 g/mol. The molecule has 0 fully saturated rings. The number of aryl methyl sites for hydroxylation is 1. The molecule has 1 aromatic carbocycles. The predicted octanol–water partition coefficient (Wildman–Crippen LogP) is 2.90. The van der Waals surface area contributed by atoms with Crippen LogP contribution in [0.25, 0.3) is 0 Å². The number of benzene rings is 1. The van der Waals surface area contributed by atoms with Crippen LogP contribution in [0.15, 0.2) is 18.2 Å². The van der Waals surface area contributed by atoms with E-state index in [0.29, 0.717) is 0 Å². The summed E-state index contributed by atoms with van der Waals surface area (Å²) in [7, 11) is 4.14. The molecule has 0 saturated heterocycles. The van der Waals surface area contributed by atoms with E-state index in [1.807, 2.05) is 6.07 Å². The Morgan fingerprint density at radius 3 is 2.77 bits per heavy atom. The summed E-state index contributed by atoms with van der Waals surface area (Å²) in [5.74, 6) is 0. The zero-order chi connectivity index (χ0) is 9.68. The molecule has 0 aliphatic carbocycles. The molecule has 0 unspecified atom stereocenters. The van der Waals surface area contributed by atoms with E-state index >= 15 is 0 Å². The second-order valence-corrected chi connectivity index (χ2v) is 3.54. The van der Waals surface area contributed by atoms with Crippen molar-refractivity contribution in [1.29, 1.82) is 0 Å². The highest BCUT2D eigenvalue weighted by molar-refractivity contribution is 5.51. The van der Waals surface area contributed by atoms with Crippen molar-refractivity contribution in [3.63, 3.8) is 0 Å². The quantitative estimate of drug-likeness (QED) is 0.682. The van der Waals surface area contributed by atoms with Gasteiger partial charge in [0.1, 0.15) is 0 Å². The van der Waals surface area contributed by atoms with E-state index in [1.165, 1.54) is 30.5 Å². The van der Waals surface area contributed by atoms with Crippen LogP contribution in [0.2, 0.25) is 0 Å². The maximum absolute atomic E-state index is 3.27. The lowest BCUT2D eigenvalue weighted by Gasteiger charge is -2.16. The summed E-state index contributed by atoms with van der Waals surface area (Å²) in [6.07, 6.45) is 3.68. The van der Waals surface area contributed by atoms with Gasteiger partial charge in [0.2, 0.25) is 0 Å². The lowest BCUT2D eigenvalue weighted by Crippen LogP contribution is -2.11. The van der Waals surface area contributed by atoms with E-state index in [9.17, 15) is 0 Å². The van der Waals surface area contributed by atoms with Gasteiger partial charge in [0.15, 0.2) is 0 Å². The normalized spacial score (nSPS) is 10.1. The van der Waals surface area contributed by atoms with Crippen LogP contribution in [0, 0.1) is 6.07 Å². The fourth-order valence-electron chi connectivity index (χ4n) is 1.45. The molecule has 1 nitrogen and oxygen atoms in total. The van der Waals surface area contributed by atoms with Crippen LogP contribution in [0.3, 0.4) is 0 Å². The third kappa shape index (κ3) is 2.76. The summed E-state index contributed by atoms with van der Waals surface area (Å²) in [6, 6.07) is 9.51. The number of unbranched alkanes of at least 4 members (excludes halogenated alkanes) is 1. The van der Waals surface area contributed by atoms with Gasteiger partial charge in [-0.05, 0) is 18.4 Å². The Kier molecular flexibility index (Phi) is 3.81. The molecule has 13 heavy (non-hydrogen) atoms. The number of hydrogen-bond donors (Lipinski definition) is 0. The van der Waals surface area contributed by atoms with Gasteiger partial charge in [0, 0.05) is 25.8 Å². The molecule has 0 N–H and O–H groups in total. The summed E-state index contributed by atoms with van der Waals surface area (Å²) in [5.41, 5.74) is 2.64. The molecule has 1 rings (SSSR count). The molecule has 0 aromatic heterocycles. The lowest BCUT2D eigenvalue weighted by atomic mass is 10.1. The van der Waals surface area contributed by atoms with Crippen LogP contribution in [-0.4, -0.2) is 14.1 Å². The van der Waals surface area contributed by atoms with Crippen LogP contribution < -0.4 is 4.90 Å². The van der Waals surface area contributed by atoms with Crippen molar-refractivity contribution in [2.24, 2.45) is 0 Å². The largest absolute Gasteiger partial charge is 0.377 e. The third-order valence-electron chi connectivity index (χ3n) is 2.16. The first kappa shape index (κ1) is 10.1. The molecule has 1 heteroatoms. The predicted molar refractivity (Wildman–Crippen MR) is 58.2 cm³/mol. The molecule has 0 aliphatic heterocycles. The molecule has 0 atom stereocenters. The van der Waals surface area contributed by atoms with Gasteiger partial charge in [-0.15, -0.1) is 0 Å². The molecule has 71 valence electrons. The van der Waals surface area contributed by atoms with Crippen molar-refractivity contribution in [1.82, 2.24) is 0 Å². The first-order valence-corrected chi connectivity index (χ1v) is 4.92. The van der Waals surface area contributed by atoms with Gasteiger partial charge < -0.3 is 4.90 Å². The van der Waals surface area contributed by atoms with Crippen LogP contribution in [-0.2, 0) is 6.42 Å². The summed E-state index contributed by atoms with van der Waals surface area (Å²) in [6.45, 7) is 2.22. The SMILES string of the molecule is CCCCc1ccc[c]c1N(C)C. The van der Waals surface area contributed by atoms with E-state index in [0.717, 1.165) is 0 Å². The van der Waals surface area contributed by atoms with Crippen LogP contribution in [0.4, 0.5) is 5.69 Å². The van der Waals surface area contributed by atoms with Crippen molar-refractivity contribution in [2.75, 3.05) is 19.0 Å². The Morgan fingerprint density at radius 1 is 1.38 bits per heavy atom. The number of hydrogen-bond acceptors (Lipinski definition) is 1. The first-order chi connectivity index (χ1) is 6.25. The molecule has 0 spiro atoms. The van der Waals surface area contributed by atoms with Crippen molar-refractivity contribution < 1.29 is 0 Å². The van der Waals surface area contributed by atoms with Crippen molar-refractivity contribution in [3.05, 3.63) is 29.8 Å². The fraction of sp³-hybridized carbons (Fsp3) is 0.500. The Balaban J connectivity index is 2.78. The summed E-state index contributed by atoms with van der Waals surface area (Å²) >= 11 is 0. The molecule has 0 aliphatic rings. The molecular formula is C12H18N. The maximum Gasteiger partial charge on any atom is 0.0474 e. The molecule has 0 saturated carbocycles. The minimum absolute atomic E-state index is 1.17. The Bertz CT molecular complexity index is 253. The highest BCUT2D eigenvalue weighted by Crippen LogP contribution is 2.18. The lowest BCUT2D eigenvalue weighted by molar-refractivity contribution is 0.793. The van der Waals surface area contributed by atoms with E-state index in [1.54, 1.807) is 0 Å². The zero-order valence-corrected chi connectivity index (χ0v) is 8.80. The molecule has 0 heterocycles. The van der Waals surface area contributed by atoms with Crippen molar-refractivity contribution >= 4 is 5.69 Å². The van der Waals surface area contributed by atoms with Gasteiger partial charge in [0.25, 0.3) is 0 Å². The highest BCUT2D eigenvalue weighted by Gasteiger charge is 2.02. The number of nitrogens with zero attached hydrogens (tertiary/aromatic N) is 1. The third-order valence-corrected chi connectivity index (χ3v) is 2.16. The number of rotatable bonds is 4. The van der Waals surface area contributed by atoms with Crippen LogP contribution >= 0.6 is 0 Å². The first-order valence-electron chi connectivity index (χ1n) is 4.92. The van der Waals surface area contributed by atoms with Gasteiger partial charge in [-0.25, -0.2) is 0 Å². The Hall–Kier alpha value is -0.980. The Morgan fingerprint density at radius 2 is 2.15 bits per heavy atom. The fourth-order valence-corrected chi connectivity index (χ4v) is 1.45. The van der Waals surface area contributed by atoms with E-state index in [4.69, 9.17) is 0 Å². The molecule has 0 amide bonds. The number of para-hydroxylation sites is 1. The van der Waals surface area contributed by atoms with Gasteiger partial charge in [0.05, 0.1) is 0 Å². The minimum atomic E-state index is 1.17. The van der Waals surface area contributed by atoms with Gasteiger partial charge in [-0.3, -0.25) is 0 Å². The smallest absolute Gasteiger partial charge is 0.0474 e.